The summed E-state index contributed by atoms with van der Waals surface area (Å²) in [7, 11) is 1.65. The Balaban J connectivity index is 0.00000342. The molecule has 35 heavy (non-hydrogen) atoms. The third kappa shape index (κ3) is 6.64. The molecule has 6 nitrogen and oxygen atoms in total. The summed E-state index contributed by atoms with van der Waals surface area (Å²) >= 11 is 12.5. The number of methoxy groups -OCH3 is 1. The maximum atomic E-state index is 12.7. The lowest BCUT2D eigenvalue weighted by Crippen LogP contribution is -2.47. The number of piperazine rings is 1. The van der Waals surface area contributed by atoms with Crippen LogP contribution >= 0.6 is 35.6 Å². The molecule has 1 aliphatic heterocycles. The zero-order valence-corrected chi connectivity index (χ0v) is 22.3. The number of aryl methyl sites for hydroxylation is 1. The fraction of sp³-hybridized carbons (Fsp3) is 0.346. The molecule has 1 aliphatic rings. The van der Waals surface area contributed by atoms with Gasteiger partial charge in [-0.1, -0.05) is 29.3 Å². The van der Waals surface area contributed by atoms with E-state index in [1.54, 1.807) is 7.11 Å². The van der Waals surface area contributed by atoms with E-state index in [1.165, 1.54) is 0 Å². The van der Waals surface area contributed by atoms with Crippen molar-refractivity contribution in [2.75, 3.05) is 51.3 Å². The molecule has 4 rings (SSSR count). The molecular weight excluding hydrogens is 507 g/mol. The summed E-state index contributed by atoms with van der Waals surface area (Å²) in [5.74, 6) is 0.758. The van der Waals surface area contributed by atoms with Crippen LogP contribution in [0.4, 0.5) is 5.69 Å². The van der Waals surface area contributed by atoms with Gasteiger partial charge >= 0.3 is 0 Å². The highest BCUT2D eigenvalue weighted by Crippen LogP contribution is 2.32. The number of aromatic amines is 1. The second kappa shape index (κ2) is 12.5. The number of benzene rings is 2. The van der Waals surface area contributed by atoms with Gasteiger partial charge in [0.25, 0.3) is 5.91 Å². The summed E-state index contributed by atoms with van der Waals surface area (Å²) in [6, 6.07) is 15.5. The smallest absolute Gasteiger partial charge is 0.253 e. The first-order valence-electron chi connectivity index (χ1n) is 11.5. The van der Waals surface area contributed by atoms with Gasteiger partial charge in [0.15, 0.2) is 0 Å². The number of H-pyrrole nitrogens is 1. The molecule has 1 fully saturated rings. The number of aromatic nitrogens is 1. The minimum Gasteiger partial charge on any atom is -0.497 e. The van der Waals surface area contributed by atoms with E-state index in [1.807, 2.05) is 55.5 Å². The van der Waals surface area contributed by atoms with Crippen LogP contribution in [0.25, 0.3) is 11.3 Å². The molecule has 0 aliphatic carbocycles. The van der Waals surface area contributed by atoms with Crippen molar-refractivity contribution in [2.24, 2.45) is 0 Å². The van der Waals surface area contributed by atoms with Crippen LogP contribution in [0, 0.1) is 6.92 Å². The number of carbonyl (C=O) groups is 1. The number of hydrogen-bond donors (Lipinski definition) is 2. The lowest BCUT2D eigenvalue weighted by Gasteiger charge is -2.36. The number of carbonyl (C=O) groups excluding carboxylic acids is 1. The third-order valence-electron chi connectivity index (χ3n) is 6.24. The number of anilines is 1. The van der Waals surface area contributed by atoms with E-state index in [9.17, 15) is 4.79 Å². The Hall–Kier alpha value is -2.38. The lowest BCUT2D eigenvalue weighted by atomic mass is 10.1. The predicted molar refractivity (Wildman–Crippen MR) is 147 cm³/mol. The number of rotatable bonds is 8. The lowest BCUT2D eigenvalue weighted by molar-refractivity contribution is 0.0951. The van der Waals surface area contributed by atoms with Crippen molar-refractivity contribution in [3.63, 3.8) is 0 Å². The van der Waals surface area contributed by atoms with Crippen LogP contribution in [0.1, 0.15) is 22.5 Å². The monoisotopic (exact) mass is 536 g/mol. The second-order valence-corrected chi connectivity index (χ2v) is 9.25. The molecule has 188 valence electrons. The SMILES string of the molecule is COc1ccc(-c2cc(C(=O)NCCCN3CCN(c4cccc(Cl)c4Cl)CC3)c(C)[nH]2)cc1.Cl. The van der Waals surface area contributed by atoms with Crippen LogP contribution in [-0.2, 0) is 0 Å². The zero-order chi connectivity index (χ0) is 24.1. The summed E-state index contributed by atoms with van der Waals surface area (Å²) in [5, 5.41) is 4.27. The molecule has 2 N–H and O–H groups in total. The molecule has 3 aromatic rings. The van der Waals surface area contributed by atoms with Gasteiger partial charge in [-0.05, 0) is 67.9 Å². The Morgan fingerprint density at radius 2 is 1.80 bits per heavy atom. The molecule has 2 heterocycles. The molecule has 1 amide bonds. The standard InChI is InChI=1S/C26H30Cl2N4O2.ClH/c1-18-21(17-23(30-18)19-7-9-20(34-2)10-8-19)26(33)29-11-4-12-31-13-15-32(16-14-31)24-6-3-5-22(27)25(24)28;/h3,5-10,17,30H,4,11-16H2,1-2H3,(H,29,33);1H. The predicted octanol–water partition coefficient (Wildman–Crippen LogP) is 5.67. The quantitative estimate of drug-likeness (QED) is 0.364. The Morgan fingerprint density at radius 1 is 1.09 bits per heavy atom. The average Bonchev–Trinajstić information content (AvgIpc) is 3.25. The highest BCUT2D eigenvalue weighted by Gasteiger charge is 2.20. The van der Waals surface area contributed by atoms with Gasteiger partial charge in [-0.15, -0.1) is 12.4 Å². The minimum absolute atomic E-state index is 0. The van der Waals surface area contributed by atoms with Gasteiger partial charge in [0, 0.05) is 44.1 Å². The third-order valence-corrected chi connectivity index (χ3v) is 7.05. The Labute approximate surface area is 223 Å². The van der Waals surface area contributed by atoms with Crippen molar-refractivity contribution in [3.05, 3.63) is 69.8 Å². The van der Waals surface area contributed by atoms with Crippen molar-refractivity contribution < 1.29 is 9.53 Å². The van der Waals surface area contributed by atoms with Crippen molar-refractivity contribution in [1.29, 1.82) is 0 Å². The maximum Gasteiger partial charge on any atom is 0.253 e. The second-order valence-electron chi connectivity index (χ2n) is 8.46. The molecule has 0 atom stereocenters. The van der Waals surface area contributed by atoms with Gasteiger partial charge in [-0.25, -0.2) is 0 Å². The molecule has 0 spiro atoms. The molecule has 9 heteroatoms. The summed E-state index contributed by atoms with van der Waals surface area (Å²) in [6.45, 7) is 7.24. The summed E-state index contributed by atoms with van der Waals surface area (Å²) in [4.78, 5) is 20.7. The highest BCUT2D eigenvalue weighted by molar-refractivity contribution is 6.43. The minimum atomic E-state index is -0.0473. The van der Waals surface area contributed by atoms with Gasteiger partial charge < -0.3 is 19.9 Å². The van der Waals surface area contributed by atoms with Crippen molar-refractivity contribution in [2.45, 2.75) is 13.3 Å². The van der Waals surface area contributed by atoms with Crippen LogP contribution in [0.15, 0.2) is 48.5 Å². The van der Waals surface area contributed by atoms with Crippen LogP contribution in [0.2, 0.25) is 10.0 Å². The Kier molecular flexibility index (Phi) is 9.75. The van der Waals surface area contributed by atoms with Gasteiger partial charge in [0.2, 0.25) is 0 Å². The molecule has 0 saturated carbocycles. The molecule has 1 saturated heterocycles. The number of halogens is 3. The normalized spacial score (nSPS) is 13.9. The maximum absolute atomic E-state index is 12.7. The molecule has 0 unspecified atom stereocenters. The number of ether oxygens (including phenoxy) is 1. The molecule has 2 aromatic carbocycles. The number of amides is 1. The number of hydrogen-bond acceptors (Lipinski definition) is 4. The number of nitrogens with one attached hydrogen (secondary N) is 2. The summed E-state index contributed by atoms with van der Waals surface area (Å²) in [6.07, 6.45) is 0.901. The average molecular weight is 538 g/mol. The van der Waals surface area contributed by atoms with Gasteiger partial charge in [0.05, 0.1) is 28.4 Å². The first kappa shape index (κ1) is 27.2. The topological polar surface area (TPSA) is 60.6 Å². The van der Waals surface area contributed by atoms with Crippen molar-refractivity contribution in [3.8, 4) is 17.0 Å². The summed E-state index contributed by atoms with van der Waals surface area (Å²) < 4.78 is 5.22. The molecule has 0 radical (unpaired) electrons. The van der Waals surface area contributed by atoms with E-state index in [0.717, 1.165) is 67.5 Å². The van der Waals surface area contributed by atoms with E-state index in [4.69, 9.17) is 27.9 Å². The first-order valence-corrected chi connectivity index (χ1v) is 12.3. The fourth-order valence-electron chi connectivity index (χ4n) is 4.27. The fourth-order valence-corrected chi connectivity index (χ4v) is 4.68. The van der Waals surface area contributed by atoms with E-state index in [0.29, 0.717) is 22.2 Å². The van der Waals surface area contributed by atoms with E-state index in [2.05, 4.69) is 20.1 Å². The molecule has 1 aromatic heterocycles. The van der Waals surface area contributed by atoms with E-state index < -0.39 is 0 Å². The van der Waals surface area contributed by atoms with Crippen molar-refractivity contribution in [1.82, 2.24) is 15.2 Å². The zero-order valence-electron chi connectivity index (χ0n) is 19.9. The van der Waals surface area contributed by atoms with Crippen LogP contribution in [0.5, 0.6) is 5.75 Å². The van der Waals surface area contributed by atoms with Crippen molar-refractivity contribution >= 4 is 47.2 Å². The summed E-state index contributed by atoms with van der Waals surface area (Å²) in [5.41, 5.74) is 4.47. The van der Waals surface area contributed by atoms with Gasteiger partial charge in [-0.3, -0.25) is 9.69 Å². The first-order chi connectivity index (χ1) is 16.5. The Morgan fingerprint density at radius 3 is 2.49 bits per heavy atom. The molecule has 0 bridgehead atoms. The van der Waals surface area contributed by atoms with Gasteiger partial charge in [-0.2, -0.15) is 0 Å². The Bertz CT molecular complexity index is 1130. The van der Waals surface area contributed by atoms with Gasteiger partial charge in [0.1, 0.15) is 5.75 Å². The largest absolute Gasteiger partial charge is 0.497 e. The van der Waals surface area contributed by atoms with E-state index >= 15 is 0 Å². The van der Waals surface area contributed by atoms with Crippen LogP contribution < -0.4 is 15.0 Å². The molecular formula is C26H31Cl3N4O2. The van der Waals surface area contributed by atoms with E-state index in [-0.39, 0.29) is 18.3 Å². The van der Waals surface area contributed by atoms with Crippen LogP contribution in [-0.4, -0.2) is 62.2 Å². The van der Waals surface area contributed by atoms with Crippen LogP contribution in [0.3, 0.4) is 0 Å². The number of nitrogens with zero attached hydrogens (tertiary/aromatic N) is 2. The highest BCUT2D eigenvalue weighted by atomic mass is 35.5.